The summed E-state index contributed by atoms with van der Waals surface area (Å²) in [6.07, 6.45) is 0.885. The van der Waals surface area contributed by atoms with Gasteiger partial charge in [0.2, 0.25) is 0 Å². The minimum Gasteiger partial charge on any atom is -0.465 e. The number of nitrogens with one attached hydrogen (secondary N) is 2. The second-order valence-corrected chi connectivity index (χ2v) is 9.24. The van der Waals surface area contributed by atoms with Gasteiger partial charge in [0.05, 0.1) is 24.0 Å². The van der Waals surface area contributed by atoms with E-state index in [9.17, 15) is 14.4 Å². The van der Waals surface area contributed by atoms with Crippen LogP contribution in [0.3, 0.4) is 0 Å². The zero-order chi connectivity index (χ0) is 27.1. The minimum absolute atomic E-state index is 0.000460. The Kier molecular flexibility index (Phi) is 8.70. The molecule has 0 aromatic heterocycles. The summed E-state index contributed by atoms with van der Waals surface area (Å²) >= 11 is 5.44. The first kappa shape index (κ1) is 26.8. The second kappa shape index (κ2) is 12.3. The van der Waals surface area contributed by atoms with Crippen molar-refractivity contribution in [1.82, 2.24) is 10.2 Å². The molecule has 0 unspecified atom stereocenters. The van der Waals surface area contributed by atoms with Gasteiger partial charge in [-0.3, -0.25) is 14.9 Å². The SMILES string of the molecule is CCc1ccc(C(=O)NC(=S)Nc2cc(C(=O)OC)ccc2N2CCN(C(=O)c3ccccc3)CC2)cc1. The van der Waals surface area contributed by atoms with Gasteiger partial charge in [-0.25, -0.2) is 4.79 Å². The molecule has 9 heteroatoms. The van der Waals surface area contributed by atoms with E-state index in [0.717, 1.165) is 17.7 Å². The molecule has 1 aliphatic heterocycles. The highest BCUT2D eigenvalue weighted by Gasteiger charge is 2.24. The van der Waals surface area contributed by atoms with Crippen LogP contribution in [0, 0.1) is 0 Å². The number of carbonyl (C=O) groups is 3. The van der Waals surface area contributed by atoms with Gasteiger partial charge in [-0.1, -0.05) is 37.3 Å². The van der Waals surface area contributed by atoms with E-state index in [1.54, 1.807) is 24.3 Å². The van der Waals surface area contributed by atoms with E-state index in [-0.39, 0.29) is 16.9 Å². The number of esters is 1. The van der Waals surface area contributed by atoms with E-state index < -0.39 is 5.97 Å². The van der Waals surface area contributed by atoms with Gasteiger partial charge < -0.3 is 19.9 Å². The lowest BCUT2D eigenvalue weighted by Gasteiger charge is -2.37. The predicted octanol–water partition coefficient (Wildman–Crippen LogP) is 4.12. The molecule has 0 saturated carbocycles. The van der Waals surface area contributed by atoms with Crippen LogP contribution < -0.4 is 15.5 Å². The van der Waals surface area contributed by atoms with Gasteiger partial charge in [-0.15, -0.1) is 0 Å². The Bertz CT molecular complexity index is 1320. The zero-order valence-electron chi connectivity index (χ0n) is 21.4. The molecule has 0 aliphatic carbocycles. The lowest BCUT2D eigenvalue weighted by molar-refractivity contribution is 0.0600. The van der Waals surface area contributed by atoms with Crippen LogP contribution >= 0.6 is 12.2 Å². The Balaban J connectivity index is 1.47. The standard InChI is InChI=1S/C29H30N4O4S/c1-3-20-9-11-21(12-10-20)26(34)31-29(38)30-24-19-23(28(36)37-2)13-14-25(24)32-15-17-33(18-16-32)27(35)22-7-5-4-6-8-22/h4-14,19H,3,15-18H2,1-2H3,(H2,30,31,34,38). The normalized spacial score (nSPS) is 13.0. The van der Waals surface area contributed by atoms with Gasteiger partial charge in [-0.2, -0.15) is 0 Å². The summed E-state index contributed by atoms with van der Waals surface area (Å²) in [5.41, 5.74) is 4.00. The Morgan fingerprint density at radius 1 is 0.868 bits per heavy atom. The molecule has 4 rings (SSSR count). The number of benzene rings is 3. The zero-order valence-corrected chi connectivity index (χ0v) is 22.2. The molecule has 1 fully saturated rings. The third-order valence-corrected chi connectivity index (χ3v) is 6.65. The largest absolute Gasteiger partial charge is 0.465 e. The Hall–Kier alpha value is -4.24. The van der Waals surface area contributed by atoms with Crippen molar-refractivity contribution in [2.24, 2.45) is 0 Å². The third kappa shape index (κ3) is 6.36. The summed E-state index contributed by atoms with van der Waals surface area (Å²) in [5.74, 6) is -0.812. The van der Waals surface area contributed by atoms with Gasteiger partial charge in [0.15, 0.2) is 5.11 Å². The number of aryl methyl sites for hydroxylation is 1. The van der Waals surface area contributed by atoms with Gasteiger partial charge >= 0.3 is 5.97 Å². The molecule has 8 nitrogen and oxygen atoms in total. The van der Waals surface area contributed by atoms with E-state index in [1.807, 2.05) is 53.4 Å². The van der Waals surface area contributed by atoms with E-state index in [2.05, 4.69) is 22.5 Å². The topological polar surface area (TPSA) is 91.0 Å². The number of nitrogens with zero attached hydrogens (tertiary/aromatic N) is 2. The number of thiocarbonyl (C=S) groups is 1. The first-order valence-electron chi connectivity index (χ1n) is 12.4. The molecule has 1 heterocycles. The molecule has 38 heavy (non-hydrogen) atoms. The summed E-state index contributed by atoms with van der Waals surface area (Å²) in [7, 11) is 1.32. The van der Waals surface area contributed by atoms with Crippen LogP contribution in [0.1, 0.15) is 43.6 Å². The van der Waals surface area contributed by atoms with Crippen LogP contribution in [0.5, 0.6) is 0 Å². The Morgan fingerprint density at radius 3 is 2.16 bits per heavy atom. The number of hydrogen-bond acceptors (Lipinski definition) is 6. The van der Waals surface area contributed by atoms with Crippen LogP contribution in [0.2, 0.25) is 0 Å². The van der Waals surface area contributed by atoms with Gasteiger partial charge in [0, 0.05) is 37.3 Å². The molecule has 3 aromatic rings. The Morgan fingerprint density at radius 2 is 1.53 bits per heavy atom. The molecule has 1 aliphatic rings. The highest BCUT2D eigenvalue weighted by atomic mass is 32.1. The predicted molar refractivity (Wildman–Crippen MR) is 152 cm³/mol. The number of anilines is 2. The summed E-state index contributed by atoms with van der Waals surface area (Å²) in [6.45, 7) is 4.32. The number of rotatable bonds is 6. The highest BCUT2D eigenvalue weighted by molar-refractivity contribution is 7.80. The molecule has 3 aromatic carbocycles. The fraction of sp³-hybridized carbons (Fsp3) is 0.241. The molecule has 0 bridgehead atoms. The Labute approximate surface area is 227 Å². The van der Waals surface area contributed by atoms with Crippen LogP contribution in [0.25, 0.3) is 0 Å². The lowest BCUT2D eigenvalue weighted by atomic mass is 10.1. The molecule has 0 radical (unpaired) electrons. The maximum absolute atomic E-state index is 12.8. The van der Waals surface area contributed by atoms with Crippen molar-refractivity contribution >= 4 is 46.5 Å². The van der Waals surface area contributed by atoms with Crippen LogP contribution in [-0.4, -0.2) is 61.1 Å². The van der Waals surface area contributed by atoms with Gasteiger partial charge in [-0.05, 0) is 66.7 Å². The smallest absolute Gasteiger partial charge is 0.337 e. The van der Waals surface area contributed by atoms with Crippen molar-refractivity contribution in [3.63, 3.8) is 0 Å². The summed E-state index contributed by atoms with van der Waals surface area (Å²) in [6, 6.07) is 21.7. The van der Waals surface area contributed by atoms with Crippen molar-refractivity contribution in [2.45, 2.75) is 13.3 Å². The summed E-state index contributed by atoms with van der Waals surface area (Å²) in [4.78, 5) is 41.7. The van der Waals surface area contributed by atoms with Gasteiger partial charge in [0.1, 0.15) is 0 Å². The van der Waals surface area contributed by atoms with Crippen LogP contribution in [0.15, 0.2) is 72.8 Å². The molecule has 196 valence electrons. The number of ether oxygens (including phenoxy) is 1. The van der Waals surface area contributed by atoms with Crippen molar-refractivity contribution < 1.29 is 19.1 Å². The summed E-state index contributed by atoms with van der Waals surface area (Å²) in [5, 5.41) is 5.90. The first-order chi connectivity index (χ1) is 18.4. The molecule has 1 saturated heterocycles. The van der Waals surface area contributed by atoms with E-state index in [0.29, 0.717) is 48.6 Å². The summed E-state index contributed by atoms with van der Waals surface area (Å²) < 4.78 is 4.88. The molecule has 0 atom stereocenters. The van der Waals surface area contributed by atoms with Gasteiger partial charge in [0.25, 0.3) is 11.8 Å². The van der Waals surface area contributed by atoms with Crippen molar-refractivity contribution in [3.8, 4) is 0 Å². The molecular formula is C29H30N4O4S. The number of hydrogen-bond donors (Lipinski definition) is 2. The molecule has 2 amide bonds. The molecule has 2 N–H and O–H groups in total. The van der Waals surface area contributed by atoms with E-state index in [4.69, 9.17) is 17.0 Å². The molecular weight excluding hydrogens is 500 g/mol. The number of piperazine rings is 1. The fourth-order valence-electron chi connectivity index (χ4n) is 4.29. The third-order valence-electron chi connectivity index (χ3n) is 6.45. The van der Waals surface area contributed by atoms with Crippen molar-refractivity contribution in [2.75, 3.05) is 43.5 Å². The molecule has 0 spiro atoms. The number of amides is 2. The number of methoxy groups -OCH3 is 1. The van der Waals surface area contributed by atoms with Crippen molar-refractivity contribution in [3.05, 3.63) is 95.1 Å². The second-order valence-electron chi connectivity index (χ2n) is 8.83. The monoisotopic (exact) mass is 530 g/mol. The average Bonchev–Trinajstić information content (AvgIpc) is 2.96. The van der Waals surface area contributed by atoms with Crippen LogP contribution in [-0.2, 0) is 11.2 Å². The number of carbonyl (C=O) groups excluding carboxylic acids is 3. The maximum atomic E-state index is 12.8. The maximum Gasteiger partial charge on any atom is 0.337 e. The van der Waals surface area contributed by atoms with Crippen molar-refractivity contribution in [1.29, 1.82) is 0 Å². The average molecular weight is 531 g/mol. The fourth-order valence-corrected chi connectivity index (χ4v) is 4.49. The quantitative estimate of drug-likeness (QED) is 0.366. The van der Waals surface area contributed by atoms with E-state index >= 15 is 0 Å². The van der Waals surface area contributed by atoms with Crippen LogP contribution in [0.4, 0.5) is 11.4 Å². The minimum atomic E-state index is -0.483. The first-order valence-corrected chi connectivity index (χ1v) is 12.8. The highest BCUT2D eigenvalue weighted by Crippen LogP contribution is 2.29. The lowest BCUT2D eigenvalue weighted by Crippen LogP contribution is -2.49. The van der Waals surface area contributed by atoms with E-state index in [1.165, 1.54) is 7.11 Å².